The second-order valence-electron chi connectivity index (χ2n) is 3.91. The number of carbonyl (C=O) groups is 2. The predicted octanol–water partition coefficient (Wildman–Crippen LogP) is 2.51. The van der Waals surface area contributed by atoms with Gasteiger partial charge >= 0.3 is 11.9 Å². The molecule has 0 spiro atoms. The fraction of sp³-hybridized carbons (Fsp3) is 0.0667. The van der Waals surface area contributed by atoms with Gasteiger partial charge < -0.3 is 9.47 Å². The van der Waals surface area contributed by atoms with Crippen molar-refractivity contribution in [1.29, 1.82) is 0 Å². The highest BCUT2D eigenvalue weighted by molar-refractivity contribution is 6.31. The number of rotatable bonds is 2. The van der Waals surface area contributed by atoms with Crippen LogP contribution in [-0.2, 0) is 9.59 Å². The first-order valence-corrected chi connectivity index (χ1v) is 5.71. The van der Waals surface area contributed by atoms with Gasteiger partial charge in [0.15, 0.2) is 0 Å². The number of carbonyl (C=O) groups excluding carboxylic acids is 2. The lowest BCUT2D eigenvalue weighted by Gasteiger charge is -2.05. The van der Waals surface area contributed by atoms with E-state index in [-0.39, 0.29) is 0 Å². The maximum Gasteiger partial charge on any atom is 0.423 e. The molecular formula is C15H12O4. The normalized spacial score (nSPS) is 9.74. The standard InChI is InChI=1S/C15H12O4/c1-11-6-5-9-13(10-11)19-15(17)14(16)18-12-7-3-2-4-8-12/h2-10H,1H3. The molecule has 0 atom stereocenters. The molecule has 19 heavy (non-hydrogen) atoms. The van der Waals surface area contributed by atoms with E-state index in [0.717, 1.165) is 5.56 Å². The average molecular weight is 256 g/mol. The lowest BCUT2D eigenvalue weighted by Crippen LogP contribution is -2.25. The molecule has 2 rings (SSSR count). The number of hydrogen-bond acceptors (Lipinski definition) is 4. The van der Waals surface area contributed by atoms with Crippen molar-refractivity contribution in [1.82, 2.24) is 0 Å². The molecule has 0 N–H and O–H groups in total. The van der Waals surface area contributed by atoms with Crippen LogP contribution in [0.5, 0.6) is 11.5 Å². The summed E-state index contributed by atoms with van der Waals surface area (Å²) in [4.78, 5) is 23.0. The summed E-state index contributed by atoms with van der Waals surface area (Å²) in [6, 6.07) is 15.2. The zero-order chi connectivity index (χ0) is 13.7. The molecule has 0 aliphatic carbocycles. The van der Waals surface area contributed by atoms with Crippen LogP contribution in [0.2, 0.25) is 0 Å². The molecule has 0 aromatic heterocycles. The topological polar surface area (TPSA) is 52.6 Å². The highest BCUT2D eigenvalue weighted by Crippen LogP contribution is 2.13. The first-order valence-electron chi connectivity index (χ1n) is 5.71. The number of hydrogen-bond donors (Lipinski definition) is 0. The second kappa shape index (κ2) is 5.82. The first kappa shape index (κ1) is 12.8. The summed E-state index contributed by atoms with van der Waals surface area (Å²) in [5, 5.41) is 0. The summed E-state index contributed by atoms with van der Waals surface area (Å²) in [7, 11) is 0. The van der Waals surface area contributed by atoms with Crippen molar-refractivity contribution in [2.45, 2.75) is 6.92 Å². The van der Waals surface area contributed by atoms with Gasteiger partial charge in [0, 0.05) is 0 Å². The molecule has 2 aromatic carbocycles. The summed E-state index contributed by atoms with van der Waals surface area (Å²) in [6.45, 7) is 1.86. The molecule has 2 aromatic rings. The van der Waals surface area contributed by atoms with E-state index in [1.165, 1.54) is 0 Å². The Morgan fingerprint density at radius 1 is 0.789 bits per heavy atom. The highest BCUT2D eigenvalue weighted by Gasteiger charge is 2.19. The Morgan fingerprint density at radius 3 is 2.00 bits per heavy atom. The number of aryl methyl sites for hydroxylation is 1. The monoisotopic (exact) mass is 256 g/mol. The summed E-state index contributed by atoms with van der Waals surface area (Å²) in [5.41, 5.74) is 0.932. The van der Waals surface area contributed by atoms with Crippen molar-refractivity contribution in [2.24, 2.45) is 0 Å². The third kappa shape index (κ3) is 3.67. The van der Waals surface area contributed by atoms with Gasteiger partial charge in [-0.15, -0.1) is 0 Å². The molecule has 0 saturated carbocycles. The van der Waals surface area contributed by atoms with Crippen LogP contribution < -0.4 is 9.47 Å². The molecule has 0 heterocycles. The van der Waals surface area contributed by atoms with E-state index in [9.17, 15) is 9.59 Å². The molecule has 0 aliphatic heterocycles. The van der Waals surface area contributed by atoms with Gasteiger partial charge in [-0.3, -0.25) is 0 Å². The number of ether oxygens (including phenoxy) is 2. The Hall–Kier alpha value is -2.62. The van der Waals surface area contributed by atoms with E-state index in [2.05, 4.69) is 0 Å². The van der Waals surface area contributed by atoms with Crippen LogP contribution in [0.15, 0.2) is 54.6 Å². The maximum absolute atomic E-state index is 11.5. The molecule has 0 fully saturated rings. The summed E-state index contributed by atoms with van der Waals surface area (Å²) in [5.74, 6) is -1.48. The highest BCUT2D eigenvalue weighted by atomic mass is 16.6. The van der Waals surface area contributed by atoms with Crippen molar-refractivity contribution in [3.63, 3.8) is 0 Å². The van der Waals surface area contributed by atoms with E-state index in [1.54, 1.807) is 48.5 Å². The summed E-state index contributed by atoms with van der Waals surface area (Å²) in [6.07, 6.45) is 0. The predicted molar refractivity (Wildman–Crippen MR) is 68.9 cm³/mol. The minimum atomic E-state index is -1.05. The summed E-state index contributed by atoms with van der Waals surface area (Å²) < 4.78 is 9.78. The molecule has 96 valence electrons. The summed E-state index contributed by atoms with van der Waals surface area (Å²) >= 11 is 0. The van der Waals surface area contributed by atoms with Gasteiger partial charge in [0.2, 0.25) is 0 Å². The Kier molecular flexibility index (Phi) is 3.93. The van der Waals surface area contributed by atoms with Gasteiger partial charge in [-0.2, -0.15) is 0 Å². The molecule has 4 heteroatoms. The van der Waals surface area contributed by atoms with Gasteiger partial charge in [-0.05, 0) is 36.8 Å². The van der Waals surface area contributed by atoms with Crippen LogP contribution in [0.25, 0.3) is 0 Å². The molecular weight excluding hydrogens is 244 g/mol. The SMILES string of the molecule is Cc1cccc(OC(=O)C(=O)Oc2ccccc2)c1. The van der Waals surface area contributed by atoms with Crippen LogP contribution >= 0.6 is 0 Å². The van der Waals surface area contributed by atoms with Crippen molar-refractivity contribution >= 4 is 11.9 Å². The zero-order valence-corrected chi connectivity index (χ0v) is 10.3. The van der Waals surface area contributed by atoms with Gasteiger partial charge in [-0.1, -0.05) is 30.3 Å². The smallest absolute Gasteiger partial charge is 0.418 e. The van der Waals surface area contributed by atoms with Gasteiger partial charge in [0.05, 0.1) is 0 Å². The van der Waals surface area contributed by atoms with E-state index in [0.29, 0.717) is 11.5 Å². The number of para-hydroxylation sites is 1. The van der Waals surface area contributed by atoms with Crippen LogP contribution in [0.1, 0.15) is 5.56 Å². The molecule has 0 bridgehead atoms. The lowest BCUT2D eigenvalue weighted by molar-refractivity contribution is -0.156. The van der Waals surface area contributed by atoms with E-state index >= 15 is 0 Å². The largest absolute Gasteiger partial charge is 0.423 e. The minimum absolute atomic E-state index is 0.300. The van der Waals surface area contributed by atoms with Crippen molar-refractivity contribution in [2.75, 3.05) is 0 Å². The quantitative estimate of drug-likeness (QED) is 0.470. The third-order valence-electron chi connectivity index (χ3n) is 2.32. The van der Waals surface area contributed by atoms with Crippen molar-refractivity contribution in [3.05, 3.63) is 60.2 Å². The Labute approximate surface area is 110 Å². The van der Waals surface area contributed by atoms with Crippen molar-refractivity contribution in [3.8, 4) is 11.5 Å². The Bertz CT molecular complexity index is 590. The van der Waals surface area contributed by atoms with Crippen LogP contribution in [0.3, 0.4) is 0 Å². The number of esters is 2. The maximum atomic E-state index is 11.5. The Balaban J connectivity index is 1.98. The molecule has 0 radical (unpaired) electrons. The fourth-order valence-electron chi connectivity index (χ4n) is 1.46. The minimum Gasteiger partial charge on any atom is -0.418 e. The zero-order valence-electron chi connectivity index (χ0n) is 10.3. The molecule has 0 saturated heterocycles. The van der Waals surface area contributed by atoms with Crippen LogP contribution in [0.4, 0.5) is 0 Å². The first-order chi connectivity index (χ1) is 9.15. The van der Waals surface area contributed by atoms with Crippen LogP contribution in [0, 0.1) is 6.92 Å². The van der Waals surface area contributed by atoms with E-state index in [1.807, 2.05) is 13.0 Å². The van der Waals surface area contributed by atoms with Crippen molar-refractivity contribution < 1.29 is 19.1 Å². The number of benzene rings is 2. The molecule has 0 amide bonds. The Morgan fingerprint density at radius 2 is 1.37 bits per heavy atom. The molecule has 0 aliphatic rings. The van der Waals surface area contributed by atoms with E-state index in [4.69, 9.17) is 9.47 Å². The van der Waals surface area contributed by atoms with Crippen LogP contribution in [-0.4, -0.2) is 11.9 Å². The molecule has 4 nitrogen and oxygen atoms in total. The second-order valence-corrected chi connectivity index (χ2v) is 3.91. The average Bonchev–Trinajstić information content (AvgIpc) is 2.40. The lowest BCUT2D eigenvalue weighted by atomic mass is 10.2. The van der Waals surface area contributed by atoms with E-state index < -0.39 is 11.9 Å². The fourth-order valence-corrected chi connectivity index (χ4v) is 1.46. The van der Waals surface area contributed by atoms with Gasteiger partial charge in [0.1, 0.15) is 11.5 Å². The van der Waals surface area contributed by atoms with Gasteiger partial charge in [0.25, 0.3) is 0 Å². The molecule has 0 unspecified atom stereocenters. The third-order valence-corrected chi connectivity index (χ3v) is 2.32. The van der Waals surface area contributed by atoms with Gasteiger partial charge in [-0.25, -0.2) is 9.59 Å².